The molecule has 0 saturated carbocycles. The van der Waals surface area contributed by atoms with E-state index in [2.05, 4.69) is 31.3 Å². The van der Waals surface area contributed by atoms with Crippen molar-refractivity contribution in [3.05, 3.63) is 12.2 Å². The molecule has 2 unspecified atom stereocenters. The number of hydrogen-bond acceptors (Lipinski definition) is 5. The lowest BCUT2D eigenvalue weighted by atomic mass is 10.0. The van der Waals surface area contributed by atoms with Crippen molar-refractivity contribution in [1.29, 1.82) is 0 Å². The van der Waals surface area contributed by atoms with Crippen LogP contribution in [0.3, 0.4) is 0 Å². The van der Waals surface area contributed by atoms with Crippen LogP contribution in [0.2, 0.25) is 0 Å². The number of rotatable bonds is 58. The van der Waals surface area contributed by atoms with Crippen LogP contribution >= 0.6 is 0 Å². The van der Waals surface area contributed by atoms with Crippen LogP contribution < -0.4 is 5.32 Å². The summed E-state index contributed by atoms with van der Waals surface area (Å²) < 4.78 is 5.49. The average Bonchev–Trinajstić information content (AvgIpc) is 3.34. The van der Waals surface area contributed by atoms with Crippen molar-refractivity contribution in [2.24, 2.45) is 0 Å². The van der Waals surface area contributed by atoms with E-state index in [0.717, 1.165) is 44.9 Å². The Morgan fingerprint density at radius 3 is 1.04 bits per heavy atom. The lowest BCUT2D eigenvalue weighted by Crippen LogP contribution is -2.45. The molecular formula is C62H121NO5. The Morgan fingerprint density at radius 1 is 0.397 bits per heavy atom. The van der Waals surface area contributed by atoms with E-state index in [1.807, 2.05) is 0 Å². The molecule has 6 nitrogen and oxygen atoms in total. The van der Waals surface area contributed by atoms with Crippen LogP contribution in [0.15, 0.2) is 12.2 Å². The third-order valence-corrected chi connectivity index (χ3v) is 14.6. The second kappa shape index (κ2) is 58.2. The van der Waals surface area contributed by atoms with Crippen molar-refractivity contribution in [3.8, 4) is 0 Å². The van der Waals surface area contributed by atoms with Crippen molar-refractivity contribution in [3.63, 3.8) is 0 Å². The minimum atomic E-state index is -0.665. The summed E-state index contributed by atoms with van der Waals surface area (Å²) in [6.45, 7) is 4.97. The first kappa shape index (κ1) is 66.6. The smallest absolute Gasteiger partial charge is 0.305 e. The zero-order valence-electron chi connectivity index (χ0n) is 46.1. The van der Waals surface area contributed by atoms with Gasteiger partial charge in [-0.25, -0.2) is 0 Å². The van der Waals surface area contributed by atoms with Gasteiger partial charge in [0.15, 0.2) is 0 Å². The van der Waals surface area contributed by atoms with Crippen LogP contribution in [-0.4, -0.2) is 47.4 Å². The Morgan fingerprint density at radius 2 is 0.691 bits per heavy atom. The fraction of sp³-hybridized carbons (Fsp3) is 0.935. The fourth-order valence-electron chi connectivity index (χ4n) is 9.81. The van der Waals surface area contributed by atoms with E-state index in [9.17, 15) is 19.8 Å². The predicted octanol–water partition coefficient (Wildman–Crippen LogP) is 19.2. The maximum atomic E-state index is 12.5. The number of ether oxygens (including phenoxy) is 1. The van der Waals surface area contributed by atoms with E-state index in [-0.39, 0.29) is 18.5 Å². The summed E-state index contributed by atoms with van der Waals surface area (Å²) in [5, 5.41) is 23.3. The molecule has 0 bridgehead atoms. The number of esters is 1. The van der Waals surface area contributed by atoms with Crippen molar-refractivity contribution >= 4 is 11.9 Å². The van der Waals surface area contributed by atoms with Crippen molar-refractivity contribution in [1.82, 2.24) is 5.32 Å². The first-order valence-corrected chi connectivity index (χ1v) is 30.9. The van der Waals surface area contributed by atoms with Gasteiger partial charge in [-0.05, 0) is 51.4 Å². The van der Waals surface area contributed by atoms with Crippen LogP contribution in [0, 0.1) is 0 Å². The molecule has 3 N–H and O–H groups in total. The van der Waals surface area contributed by atoms with Crippen molar-refractivity contribution < 1.29 is 24.5 Å². The third kappa shape index (κ3) is 53.9. The molecule has 68 heavy (non-hydrogen) atoms. The number of aliphatic hydroxyl groups excluding tert-OH is 2. The molecule has 0 aromatic rings. The molecule has 0 radical (unpaired) electrons. The summed E-state index contributed by atoms with van der Waals surface area (Å²) in [4.78, 5) is 24.6. The Labute approximate surface area is 425 Å². The number of allylic oxidation sites excluding steroid dienone is 2. The van der Waals surface area contributed by atoms with Crippen LogP contribution in [-0.2, 0) is 14.3 Å². The second-order valence-corrected chi connectivity index (χ2v) is 21.4. The number of amides is 1. The molecule has 2 atom stereocenters. The highest BCUT2D eigenvalue weighted by Crippen LogP contribution is 2.18. The molecule has 0 spiro atoms. The topological polar surface area (TPSA) is 95.9 Å². The first-order chi connectivity index (χ1) is 33.5. The zero-order valence-corrected chi connectivity index (χ0v) is 46.1. The third-order valence-electron chi connectivity index (χ3n) is 14.6. The highest BCUT2D eigenvalue weighted by molar-refractivity contribution is 5.76. The maximum absolute atomic E-state index is 12.5. The molecule has 0 aliphatic rings. The summed E-state index contributed by atoms with van der Waals surface area (Å²) in [6.07, 6.45) is 69.3. The van der Waals surface area contributed by atoms with Gasteiger partial charge in [0.1, 0.15) is 0 Å². The summed E-state index contributed by atoms with van der Waals surface area (Å²) in [7, 11) is 0. The van der Waals surface area contributed by atoms with Gasteiger partial charge in [0.25, 0.3) is 0 Å². The van der Waals surface area contributed by atoms with Crippen LogP contribution in [0.1, 0.15) is 348 Å². The lowest BCUT2D eigenvalue weighted by molar-refractivity contribution is -0.143. The van der Waals surface area contributed by atoms with Gasteiger partial charge >= 0.3 is 5.97 Å². The predicted molar refractivity (Wildman–Crippen MR) is 297 cm³/mol. The van der Waals surface area contributed by atoms with Crippen molar-refractivity contribution in [2.75, 3.05) is 13.2 Å². The van der Waals surface area contributed by atoms with E-state index in [1.165, 1.54) is 270 Å². The molecule has 0 aromatic heterocycles. The van der Waals surface area contributed by atoms with Crippen molar-refractivity contribution in [2.45, 2.75) is 360 Å². The number of nitrogens with one attached hydrogen (secondary N) is 1. The highest BCUT2D eigenvalue weighted by Gasteiger charge is 2.20. The van der Waals surface area contributed by atoms with Crippen LogP contribution in [0.25, 0.3) is 0 Å². The molecule has 0 aromatic carbocycles. The quantitative estimate of drug-likeness (QED) is 0.0321. The Kier molecular flexibility index (Phi) is 57.0. The van der Waals surface area contributed by atoms with E-state index in [1.54, 1.807) is 0 Å². The van der Waals surface area contributed by atoms with Crippen LogP contribution in [0.4, 0.5) is 0 Å². The number of carbonyl (C=O) groups is 2. The normalized spacial score (nSPS) is 12.6. The van der Waals surface area contributed by atoms with Gasteiger partial charge in [-0.1, -0.05) is 296 Å². The average molecular weight is 961 g/mol. The molecule has 6 heteroatoms. The first-order valence-electron chi connectivity index (χ1n) is 30.9. The Hall–Kier alpha value is -1.40. The van der Waals surface area contributed by atoms with E-state index in [0.29, 0.717) is 25.9 Å². The van der Waals surface area contributed by atoms with Crippen LogP contribution in [0.5, 0.6) is 0 Å². The molecule has 0 fully saturated rings. The van der Waals surface area contributed by atoms with Gasteiger partial charge in [0, 0.05) is 12.8 Å². The van der Waals surface area contributed by atoms with Gasteiger partial charge in [0.05, 0.1) is 25.4 Å². The lowest BCUT2D eigenvalue weighted by Gasteiger charge is -2.22. The number of unbranched alkanes of at least 4 members (excludes halogenated alkanes) is 45. The molecular weight excluding hydrogens is 839 g/mol. The highest BCUT2D eigenvalue weighted by atomic mass is 16.5. The minimum absolute atomic E-state index is 0.00655. The van der Waals surface area contributed by atoms with E-state index in [4.69, 9.17) is 4.74 Å². The summed E-state index contributed by atoms with van der Waals surface area (Å²) in [5.41, 5.74) is 0. The Bertz CT molecular complexity index is 1020. The number of aliphatic hydroxyl groups is 2. The molecule has 0 aliphatic heterocycles. The van der Waals surface area contributed by atoms with E-state index >= 15 is 0 Å². The zero-order chi connectivity index (χ0) is 49.3. The largest absolute Gasteiger partial charge is 0.466 e. The van der Waals surface area contributed by atoms with Gasteiger partial charge in [-0.3, -0.25) is 9.59 Å². The number of hydrogen-bond donors (Lipinski definition) is 3. The SMILES string of the molecule is CCCCCCCC/C=C\CCCCCCCCCC(=O)OCCCCCCCCCCCCCCCCCCCCCC(=O)NC(CO)C(O)CCCCCCCCCCCCCCCCC. The summed E-state index contributed by atoms with van der Waals surface area (Å²) in [6, 6.07) is -0.543. The van der Waals surface area contributed by atoms with E-state index < -0.39 is 12.1 Å². The summed E-state index contributed by atoms with van der Waals surface area (Å²) >= 11 is 0. The summed E-state index contributed by atoms with van der Waals surface area (Å²) in [5.74, 6) is -0.0289. The molecule has 404 valence electrons. The van der Waals surface area contributed by atoms with Gasteiger partial charge in [-0.2, -0.15) is 0 Å². The molecule has 0 saturated heterocycles. The molecule has 0 heterocycles. The maximum Gasteiger partial charge on any atom is 0.305 e. The molecule has 0 rings (SSSR count). The Balaban J connectivity index is 3.38. The second-order valence-electron chi connectivity index (χ2n) is 21.4. The molecule has 1 amide bonds. The monoisotopic (exact) mass is 960 g/mol. The number of carbonyl (C=O) groups excluding carboxylic acids is 2. The fourth-order valence-corrected chi connectivity index (χ4v) is 9.81. The van der Waals surface area contributed by atoms with Gasteiger partial charge in [-0.15, -0.1) is 0 Å². The standard InChI is InChI=1S/C62H121NO5/c1-3-5-7-9-11-13-15-17-19-23-28-32-36-40-44-48-52-56-62(67)68-57-53-49-45-41-37-33-29-25-22-20-21-24-27-31-35-39-43-47-51-55-61(66)63-59(58-64)60(65)54-50-46-42-38-34-30-26-18-16-14-12-10-8-6-4-2/h17,19,59-60,64-65H,3-16,18,20-58H2,1-2H3,(H,63,66)/b19-17-. The van der Waals surface area contributed by atoms with Gasteiger partial charge in [0.2, 0.25) is 5.91 Å². The molecule has 0 aliphatic carbocycles. The van der Waals surface area contributed by atoms with Gasteiger partial charge < -0.3 is 20.3 Å². The minimum Gasteiger partial charge on any atom is -0.466 e.